The van der Waals surface area contributed by atoms with Crippen LogP contribution in [-0.2, 0) is 10.8 Å². The molecular weight excluding hydrogens is 236 g/mol. The zero-order chi connectivity index (χ0) is 12.3. The first-order valence-electron chi connectivity index (χ1n) is 5.66. The lowest BCUT2D eigenvalue weighted by Gasteiger charge is -2.22. The molecule has 2 rings (SSSR count). The lowest BCUT2D eigenvalue weighted by molar-refractivity contribution is 0.0934. The van der Waals surface area contributed by atoms with E-state index in [1.54, 1.807) is 24.3 Å². The molecule has 92 valence electrons. The maximum absolute atomic E-state index is 11.9. The van der Waals surface area contributed by atoms with Gasteiger partial charge in [-0.15, -0.1) is 0 Å². The van der Waals surface area contributed by atoms with Gasteiger partial charge in [-0.1, -0.05) is 0 Å². The Labute approximate surface area is 103 Å². The summed E-state index contributed by atoms with van der Waals surface area (Å²) in [7, 11) is -0.691. The molecule has 1 aliphatic heterocycles. The van der Waals surface area contributed by atoms with E-state index in [1.807, 2.05) is 0 Å². The molecule has 5 heteroatoms. The summed E-state index contributed by atoms with van der Waals surface area (Å²) >= 11 is 0. The quantitative estimate of drug-likeness (QED) is 0.768. The Bertz CT molecular complexity index is 421. The van der Waals surface area contributed by atoms with Crippen molar-refractivity contribution >= 4 is 22.4 Å². The summed E-state index contributed by atoms with van der Waals surface area (Å²) in [5, 5.41) is 2.96. The van der Waals surface area contributed by atoms with Crippen molar-refractivity contribution in [2.75, 3.05) is 17.2 Å². The molecule has 0 aromatic heterocycles. The molecule has 1 heterocycles. The number of carbonyl (C=O) groups is 1. The monoisotopic (exact) mass is 252 g/mol. The third kappa shape index (κ3) is 3.30. The van der Waals surface area contributed by atoms with Gasteiger partial charge in [-0.25, -0.2) is 0 Å². The van der Waals surface area contributed by atoms with Gasteiger partial charge in [-0.05, 0) is 37.1 Å². The van der Waals surface area contributed by atoms with Crippen molar-refractivity contribution < 1.29 is 9.00 Å². The van der Waals surface area contributed by atoms with Gasteiger partial charge in [0.1, 0.15) is 0 Å². The second-order valence-electron chi connectivity index (χ2n) is 4.22. The van der Waals surface area contributed by atoms with E-state index in [0.29, 0.717) is 22.8 Å². The van der Waals surface area contributed by atoms with Gasteiger partial charge in [0.15, 0.2) is 0 Å². The van der Waals surface area contributed by atoms with E-state index < -0.39 is 10.8 Å². The first kappa shape index (κ1) is 12.1. The third-order valence-corrected chi connectivity index (χ3v) is 4.28. The van der Waals surface area contributed by atoms with Crippen LogP contribution in [0.1, 0.15) is 23.2 Å². The van der Waals surface area contributed by atoms with Crippen LogP contribution in [0.4, 0.5) is 5.69 Å². The van der Waals surface area contributed by atoms with Crippen LogP contribution in [0, 0.1) is 0 Å². The number of nitrogen functional groups attached to an aromatic ring is 1. The maximum atomic E-state index is 11.9. The Kier molecular flexibility index (Phi) is 3.78. The van der Waals surface area contributed by atoms with E-state index in [-0.39, 0.29) is 11.9 Å². The Morgan fingerprint density at radius 3 is 2.41 bits per heavy atom. The highest BCUT2D eigenvalue weighted by molar-refractivity contribution is 7.85. The van der Waals surface area contributed by atoms with Gasteiger partial charge in [-0.3, -0.25) is 9.00 Å². The van der Waals surface area contributed by atoms with E-state index in [1.165, 1.54) is 0 Å². The van der Waals surface area contributed by atoms with Crippen molar-refractivity contribution in [1.29, 1.82) is 0 Å². The Hall–Kier alpha value is -1.36. The topological polar surface area (TPSA) is 72.2 Å². The van der Waals surface area contributed by atoms with Crippen LogP contribution in [-0.4, -0.2) is 27.7 Å². The lowest BCUT2D eigenvalue weighted by Crippen LogP contribution is -2.39. The minimum atomic E-state index is -0.691. The number of nitrogens with one attached hydrogen (secondary N) is 1. The highest BCUT2D eigenvalue weighted by atomic mass is 32.2. The van der Waals surface area contributed by atoms with Crippen LogP contribution in [0.5, 0.6) is 0 Å². The van der Waals surface area contributed by atoms with Gasteiger partial charge in [-0.2, -0.15) is 0 Å². The fourth-order valence-corrected chi connectivity index (χ4v) is 3.14. The predicted molar refractivity (Wildman–Crippen MR) is 69.2 cm³/mol. The van der Waals surface area contributed by atoms with E-state index in [4.69, 9.17) is 5.73 Å². The van der Waals surface area contributed by atoms with Crippen LogP contribution in [0.15, 0.2) is 24.3 Å². The maximum Gasteiger partial charge on any atom is 0.251 e. The fourth-order valence-electron chi connectivity index (χ4n) is 1.84. The Balaban J connectivity index is 1.93. The molecule has 1 aromatic carbocycles. The Morgan fingerprint density at radius 1 is 1.24 bits per heavy atom. The molecule has 0 saturated carbocycles. The van der Waals surface area contributed by atoms with Crippen LogP contribution in [0.3, 0.4) is 0 Å². The molecule has 0 aliphatic carbocycles. The molecule has 1 saturated heterocycles. The van der Waals surface area contributed by atoms with Crippen molar-refractivity contribution in [2.45, 2.75) is 18.9 Å². The largest absolute Gasteiger partial charge is 0.399 e. The second-order valence-corrected chi connectivity index (χ2v) is 5.91. The molecule has 0 unspecified atom stereocenters. The first-order valence-corrected chi connectivity index (χ1v) is 7.15. The minimum absolute atomic E-state index is 0.0808. The third-order valence-electron chi connectivity index (χ3n) is 2.90. The number of anilines is 1. The second kappa shape index (κ2) is 5.31. The lowest BCUT2D eigenvalue weighted by atomic mass is 10.1. The highest BCUT2D eigenvalue weighted by Gasteiger charge is 2.19. The van der Waals surface area contributed by atoms with Crippen molar-refractivity contribution in [3.05, 3.63) is 29.8 Å². The predicted octanol–water partition coefficient (Wildman–Crippen LogP) is 0.910. The molecule has 1 amide bonds. The average molecular weight is 252 g/mol. The van der Waals surface area contributed by atoms with Crippen molar-refractivity contribution in [3.63, 3.8) is 0 Å². The average Bonchev–Trinajstić information content (AvgIpc) is 2.33. The SMILES string of the molecule is Nc1ccc(C(=O)NC2CCS(=O)CC2)cc1. The van der Waals surface area contributed by atoms with Crippen LogP contribution < -0.4 is 11.1 Å². The van der Waals surface area contributed by atoms with Gasteiger partial charge in [0.25, 0.3) is 5.91 Å². The van der Waals surface area contributed by atoms with Crippen LogP contribution in [0.2, 0.25) is 0 Å². The smallest absolute Gasteiger partial charge is 0.251 e. The van der Waals surface area contributed by atoms with E-state index >= 15 is 0 Å². The molecule has 0 spiro atoms. The van der Waals surface area contributed by atoms with Crippen LogP contribution >= 0.6 is 0 Å². The summed E-state index contributed by atoms with van der Waals surface area (Å²) < 4.78 is 11.2. The molecular formula is C12H16N2O2S. The normalized spacial score (nSPS) is 24.2. The molecule has 17 heavy (non-hydrogen) atoms. The van der Waals surface area contributed by atoms with Gasteiger partial charge < -0.3 is 11.1 Å². The number of amides is 1. The van der Waals surface area contributed by atoms with Crippen LogP contribution in [0.25, 0.3) is 0 Å². The molecule has 1 aromatic rings. The fraction of sp³-hybridized carbons (Fsp3) is 0.417. The summed E-state index contributed by atoms with van der Waals surface area (Å²) in [4.78, 5) is 11.9. The zero-order valence-electron chi connectivity index (χ0n) is 9.52. The summed E-state index contributed by atoms with van der Waals surface area (Å²) in [5.74, 6) is 1.29. The number of carbonyl (C=O) groups excluding carboxylic acids is 1. The summed E-state index contributed by atoms with van der Waals surface area (Å²) in [5.41, 5.74) is 6.83. The van der Waals surface area contributed by atoms with E-state index in [9.17, 15) is 9.00 Å². The van der Waals surface area contributed by atoms with Crippen molar-refractivity contribution in [2.24, 2.45) is 0 Å². The molecule has 3 N–H and O–H groups in total. The summed E-state index contributed by atoms with van der Waals surface area (Å²) in [6.45, 7) is 0. The van der Waals surface area contributed by atoms with Gasteiger partial charge in [0.2, 0.25) is 0 Å². The molecule has 0 bridgehead atoms. The molecule has 1 aliphatic rings. The van der Waals surface area contributed by atoms with Gasteiger partial charge in [0.05, 0.1) is 0 Å². The zero-order valence-corrected chi connectivity index (χ0v) is 10.3. The number of benzene rings is 1. The van der Waals surface area contributed by atoms with Gasteiger partial charge in [0, 0.05) is 39.6 Å². The molecule has 0 radical (unpaired) electrons. The number of rotatable bonds is 2. The Morgan fingerprint density at radius 2 is 1.82 bits per heavy atom. The van der Waals surface area contributed by atoms with Gasteiger partial charge >= 0.3 is 0 Å². The molecule has 4 nitrogen and oxygen atoms in total. The number of hydrogen-bond donors (Lipinski definition) is 2. The molecule has 1 fully saturated rings. The number of nitrogens with two attached hydrogens (primary N) is 1. The first-order chi connectivity index (χ1) is 8.15. The minimum Gasteiger partial charge on any atom is -0.399 e. The summed E-state index contributed by atoms with van der Waals surface area (Å²) in [6, 6.07) is 7.00. The number of hydrogen-bond acceptors (Lipinski definition) is 3. The highest BCUT2D eigenvalue weighted by Crippen LogP contribution is 2.11. The standard InChI is InChI=1S/C12H16N2O2S/c13-10-3-1-9(2-4-10)12(15)14-11-5-7-17(16)8-6-11/h1-4,11H,5-8,13H2,(H,14,15). The van der Waals surface area contributed by atoms with Crippen molar-refractivity contribution in [3.8, 4) is 0 Å². The van der Waals surface area contributed by atoms with Crippen molar-refractivity contribution in [1.82, 2.24) is 5.32 Å². The molecule has 0 atom stereocenters. The van der Waals surface area contributed by atoms with E-state index in [2.05, 4.69) is 5.32 Å². The summed E-state index contributed by atoms with van der Waals surface area (Å²) in [6.07, 6.45) is 1.60. The van der Waals surface area contributed by atoms with E-state index in [0.717, 1.165) is 12.8 Å².